The molecule has 11 heavy (non-hydrogen) atoms. The second-order valence-corrected chi connectivity index (χ2v) is 2.66. The van der Waals surface area contributed by atoms with E-state index in [2.05, 4.69) is 26.0 Å². The molecular formula is C11H20. The van der Waals surface area contributed by atoms with Crippen LogP contribution in [0.2, 0.25) is 0 Å². The van der Waals surface area contributed by atoms with Gasteiger partial charge in [-0.2, -0.15) is 0 Å². The predicted molar refractivity (Wildman–Crippen MR) is 52.7 cm³/mol. The fourth-order valence-electron chi connectivity index (χ4n) is 1.18. The van der Waals surface area contributed by atoms with Gasteiger partial charge in [-0.25, -0.2) is 0 Å². The van der Waals surface area contributed by atoms with Crippen LogP contribution in [0.25, 0.3) is 0 Å². The van der Waals surface area contributed by atoms with Crippen molar-refractivity contribution < 1.29 is 0 Å². The van der Waals surface area contributed by atoms with E-state index in [9.17, 15) is 0 Å². The summed E-state index contributed by atoms with van der Waals surface area (Å²) in [6.07, 6.45) is 8.36. The third-order valence-corrected chi connectivity index (χ3v) is 1.79. The number of hydrogen-bond donors (Lipinski definition) is 0. The highest BCUT2D eigenvalue weighted by molar-refractivity contribution is 5.26. The zero-order valence-corrected chi connectivity index (χ0v) is 8.28. The topological polar surface area (TPSA) is 0 Å². The number of allylic oxidation sites excluding steroid dienone is 4. The fourth-order valence-corrected chi connectivity index (χ4v) is 1.18. The van der Waals surface area contributed by atoms with Crippen LogP contribution >= 0.6 is 0 Å². The molecule has 0 saturated heterocycles. The second-order valence-electron chi connectivity index (χ2n) is 2.66. The van der Waals surface area contributed by atoms with Gasteiger partial charge in [0.1, 0.15) is 0 Å². The van der Waals surface area contributed by atoms with Gasteiger partial charge in [0.15, 0.2) is 0 Å². The zero-order chi connectivity index (χ0) is 8.69. The maximum atomic E-state index is 2.34. The van der Waals surface area contributed by atoms with Gasteiger partial charge in [-0.05, 0) is 26.2 Å². The van der Waals surface area contributed by atoms with Gasteiger partial charge in [0.2, 0.25) is 0 Å². The van der Waals surface area contributed by atoms with E-state index in [-0.39, 0.29) is 0 Å². The van der Waals surface area contributed by atoms with Gasteiger partial charge in [0, 0.05) is 0 Å². The average Bonchev–Trinajstić information content (AvgIpc) is 2.08. The lowest BCUT2D eigenvalue weighted by molar-refractivity contribution is 0.925. The Morgan fingerprint density at radius 1 is 1.36 bits per heavy atom. The van der Waals surface area contributed by atoms with Crippen molar-refractivity contribution in [2.75, 3.05) is 0 Å². The molecule has 64 valence electrons. The second kappa shape index (κ2) is 6.21. The highest BCUT2D eigenvalue weighted by Gasteiger charge is 1.97. The number of rotatable bonds is 1. The Balaban J connectivity index is 0.000000461. The summed E-state index contributed by atoms with van der Waals surface area (Å²) >= 11 is 0. The highest BCUT2D eigenvalue weighted by Crippen LogP contribution is 2.17. The van der Waals surface area contributed by atoms with Crippen molar-refractivity contribution in [2.45, 2.75) is 47.0 Å². The normalized spacial score (nSPS) is 16.0. The minimum Gasteiger partial charge on any atom is -0.0810 e. The molecule has 0 nitrogen and oxygen atoms in total. The molecule has 0 heterocycles. The van der Waals surface area contributed by atoms with Crippen LogP contribution in [0.3, 0.4) is 0 Å². The van der Waals surface area contributed by atoms with Gasteiger partial charge in [0.05, 0.1) is 0 Å². The van der Waals surface area contributed by atoms with Crippen LogP contribution in [0, 0.1) is 0 Å². The van der Waals surface area contributed by atoms with Crippen LogP contribution in [0.15, 0.2) is 23.3 Å². The molecule has 0 aromatic rings. The van der Waals surface area contributed by atoms with Crippen LogP contribution < -0.4 is 0 Å². The Kier molecular flexibility index (Phi) is 5.91. The smallest absolute Gasteiger partial charge is 0.0285 e. The maximum absolute atomic E-state index is 2.34. The summed E-state index contributed by atoms with van der Waals surface area (Å²) < 4.78 is 0. The first-order chi connectivity index (χ1) is 5.33. The summed E-state index contributed by atoms with van der Waals surface area (Å²) in [5, 5.41) is 0. The van der Waals surface area contributed by atoms with Crippen molar-refractivity contribution >= 4 is 0 Å². The maximum Gasteiger partial charge on any atom is -0.0285 e. The largest absolute Gasteiger partial charge is 0.0810 e. The van der Waals surface area contributed by atoms with E-state index >= 15 is 0 Å². The Labute approximate surface area is 71.0 Å². The van der Waals surface area contributed by atoms with Crippen LogP contribution in [0.5, 0.6) is 0 Å². The van der Waals surface area contributed by atoms with E-state index in [1.54, 1.807) is 0 Å². The SMILES string of the molecule is CC.CCC1=CCCC(C)=C1. The third kappa shape index (κ3) is 4.02. The van der Waals surface area contributed by atoms with Crippen molar-refractivity contribution in [1.29, 1.82) is 0 Å². The molecule has 0 heteroatoms. The lowest BCUT2D eigenvalue weighted by Crippen LogP contribution is -1.87. The van der Waals surface area contributed by atoms with Crippen molar-refractivity contribution in [1.82, 2.24) is 0 Å². The Bertz CT molecular complexity index is 149. The first-order valence-corrected chi connectivity index (χ1v) is 4.69. The minimum atomic E-state index is 1.19. The molecular weight excluding hydrogens is 132 g/mol. The Hall–Kier alpha value is -0.520. The first-order valence-electron chi connectivity index (χ1n) is 4.69. The molecule has 0 aromatic heterocycles. The van der Waals surface area contributed by atoms with E-state index in [4.69, 9.17) is 0 Å². The van der Waals surface area contributed by atoms with Crippen molar-refractivity contribution in [2.24, 2.45) is 0 Å². The lowest BCUT2D eigenvalue weighted by Gasteiger charge is -2.07. The van der Waals surface area contributed by atoms with Gasteiger partial charge < -0.3 is 0 Å². The Morgan fingerprint density at radius 3 is 2.36 bits per heavy atom. The van der Waals surface area contributed by atoms with Gasteiger partial charge in [-0.15, -0.1) is 0 Å². The van der Waals surface area contributed by atoms with Gasteiger partial charge in [-0.1, -0.05) is 44.1 Å². The van der Waals surface area contributed by atoms with E-state index in [1.807, 2.05) is 13.8 Å². The summed E-state index contributed by atoms with van der Waals surface area (Å²) in [5.74, 6) is 0. The highest BCUT2D eigenvalue weighted by atomic mass is 14.0. The van der Waals surface area contributed by atoms with Gasteiger partial charge >= 0.3 is 0 Å². The standard InChI is InChI=1S/C9H14.C2H6/c1-3-9-6-4-5-8(2)7-9;1-2/h6-7H,3-5H2,1-2H3;1-2H3. The molecule has 0 fully saturated rings. The summed E-state index contributed by atoms with van der Waals surface area (Å²) in [5.41, 5.74) is 3.05. The Morgan fingerprint density at radius 2 is 2.00 bits per heavy atom. The van der Waals surface area contributed by atoms with Crippen molar-refractivity contribution in [3.63, 3.8) is 0 Å². The molecule has 0 atom stereocenters. The molecule has 0 unspecified atom stereocenters. The molecule has 0 N–H and O–H groups in total. The van der Waals surface area contributed by atoms with E-state index in [0.717, 1.165) is 0 Å². The monoisotopic (exact) mass is 152 g/mol. The summed E-state index contributed by atoms with van der Waals surface area (Å²) in [6, 6.07) is 0. The molecule has 0 spiro atoms. The molecule has 0 radical (unpaired) electrons. The molecule has 0 aliphatic heterocycles. The summed E-state index contributed by atoms with van der Waals surface area (Å²) in [7, 11) is 0. The molecule has 0 bridgehead atoms. The van der Waals surface area contributed by atoms with Gasteiger partial charge in [0.25, 0.3) is 0 Å². The van der Waals surface area contributed by atoms with Gasteiger partial charge in [-0.3, -0.25) is 0 Å². The van der Waals surface area contributed by atoms with Crippen molar-refractivity contribution in [3.05, 3.63) is 23.3 Å². The predicted octanol–water partition coefficient (Wildman–Crippen LogP) is 4.09. The summed E-state index contributed by atoms with van der Waals surface area (Å²) in [4.78, 5) is 0. The first kappa shape index (κ1) is 10.5. The molecule has 1 aliphatic rings. The van der Waals surface area contributed by atoms with Crippen LogP contribution in [-0.4, -0.2) is 0 Å². The van der Waals surface area contributed by atoms with Crippen LogP contribution in [0.4, 0.5) is 0 Å². The fraction of sp³-hybridized carbons (Fsp3) is 0.636. The zero-order valence-electron chi connectivity index (χ0n) is 8.28. The molecule has 0 amide bonds. The minimum absolute atomic E-state index is 1.19. The average molecular weight is 152 g/mol. The van der Waals surface area contributed by atoms with E-state index in [1.165, 1.54) is 30.4 Å². The van der Waals surface area contributed by atoms with E-state index < -0.39 is 0 Å². The summed E-state index contributed by atoms with van der Waals surface area (Å²) in [6.45, 7) is 8.42. The third-order valence-electron chi connectivity index (χ3n) is 1.79. The quantitative estimate of drug-likeness (QED) is 0.531. The molecule has 0 saturated carbocycles. The van der Waals surface area contributed by atoms with E-state index in [0.29, 0.717) is 0 Å². The molecule has 1 rings (SSSR count). The van der Waals surface area contributed by atoms with Crippen LogP contribution in [0.1, 0.15) is 47.0 Å². The lowest BCUT2D eigenvalue weighted by atomic mass is 9.99. The molecule has 0 aromatic carbocycles. The van der Waals surface area contributed by atoms with Crippen molar-refractivity contribution in [3.8, 4) is 0 Å². The molecule has 1 aliphatic carbocycles. The van der Waals surface area contributed by atoms with Crippen LogP contribution in [-0.2, 0) is 0 Å². The number of hydrogen-bond acceptors (Lipinski definition) is 0.